The smallest absolute Gasteiger partial charge is 0.338 e. The Balaban J connectivity index is 1.92. The molecule has 138 valence electrons. The van der Waals surface area contributed by atoms with Gasteiger partial charge in [-0.3, -0.25) is 4.79 Å². The zero-order chi connectivity index (χ0) is 18.9. The van der Waals surface area contributed by atoms with Gasteiger partial charge in [-0.25, -0.2) is 4.79 Å². The van der Waals surface area contributed by atoms with Crippen molar-refractivity contribution < 1.29 is 19.1 Å². The van der Waals surface area contributed by atoms with Crippen LogP contribution in [0.2, 0.25) is 0 Å². The Morgan fingerprint density at radius 3 is 2.46 bits per heavy atom. The predicted octanol–water partition coefficient (Wildman–Crippen LogP) is 4.22. The zero-order valence-corrected chi connectivity index (χ0v) is 15.5. The summed E-state index contributed by atoms with van der Waals surface area (Å²) in [4.78, 5) is 24.1. The molecule has 0 spiro atoms. The number of anilines is 1. The third-order valence-electron chi connectivity index (χ3n) is 3.81. The van der Waals surface area contributed by atoms with E-state index in [1.807, 2.05) is 31.2 Å². The number of carbonyl (C=O) groups excluding carboxylic acids is 2. The molecule has 0 saturated carbocycles. The number of hydrogen-bond acceptors (Lipinski definition) is 4. The maximum Gasteiger partial charge on any atom is 0.338 e. The number of hydrogen-bond donors (Lipinski definition) is 1. The lowest BCUT2D eigenvalue weighted by atomic mass is 10.1. The maximum absolute atomic E-state index is 12.3. The third-order valence-corrected chi connectivity index (χ3v) is 3.81. The third kappa shape index (κ3) is 5.62. The van der Waals surface area contributed by atoms with Crippen LogP contribution in [-0.2, 0) is 16.0 Å². The summed E-state index contributed by atoms with van der Waals surface area (Å²) in [6.07, 6.45) is 1.04. The van der Waals surface area contributed by atoms with E-state index in [0.29, 0.717) is 23.6 Å². The van der Waals surface area contributed by atoms with Crippen LogP contribution in [0.25, 0.3) is 0 Å². The molecular weight excluding hydrogens is 330 g/mol. The quantitative estimate of drug-likeness (QED) is 0.720. The Bertz CT molecular complexity index is 740. The van der Waals surface area contributed by atoms with E-state index in [0.717, 1.165) is 18.4 Å². The topological polar surface area (TPSA) is 64.6 Å². The highest BCUT2D eigenvalue weighted by atomic mass is 16.5. The van der Waals surface area contributed by atoms with Gasteiger partial charge in [0.05, 0.1) is 12.2 Å². The fraction of sp³-hybridized carbons (Fsp3) is 0.333. The van der Waals surface area contributed by atoms with Gasteiger partial charge in [-0.1, -0.05) is 26.0 Å². The maximum atomic E-state index is 12.3. The van der Waals surface area contributed by atoms with Gasteiger partial charge in [0.1, 0.15) is 5.75 Å². The van der Waals surface area contributed by atoms with E-state index in [4.69, 9.17) is 9.47 Å². The van der Waals surface area contributed by atoms with Crippen LogP contribution in [0.3, 0.4) is 0 Å². The Kier molecular flexibility index (Phi) is 7.21. The summed E-state index contributed by atoms with van der Waals surface area (Å²) in [7, 11) is 0. The van der Waals surface area contributed by atoms with E-state index in [1.165, 1.54) is 0 Å². The summed E-state index contributed by atoms with van der Waals surface area (Å²) >= 11 is 0. The largest absolute Gasteiger partial charge is 0.481 e. The first-order chi connectivity index (χ1) is 12.5. The number of ether oxygens (including phenoxy) is 2. The Morgan fingerprint density at radius 2 is 1.81 bits per heavy atom. The second-order valence-corrected chi connectivity index (χ2v) is 5.96. The minimum Gasteiger partial charge on any atom is -0.481 e. The highest BCUT2D eigenvalue weighted by molar-refractivity contribution is 5.95. The first-order valence-electron chi connectivity index (χ1n) is 8.87. The molecule has 1 unspecified atom stereocenters. The summed E-state index contributed by atoms with van der Waals surface area (Å²) in [6.45, 7) is 6.10. The lowest BCUT2D eigenvalue weighted by Crippen LogP contribution is -2.30. The van der Waals surface area contributed by atoms with Crippen molar-refractivity contribution in [3.05, 3.63) is 59.7 Å². The van der Waals surface area contributed by atoms with Crippen molar-refractivity contribution in [2.45, 2.75) is 39.7 Å². The average Bonchev–Trinajstić information content (AvgIpc) is 2.66. The van der Waals surface area contributed by atoms with Crippen molar-refractivity contribution in [2.75, 3.05) is 11.9 Å². The van der Waals surface area contributed by atoms with Crippen molar-refractivity contribution in [3.63, 3.8) is 0 Å². The summed E-state index contributed by atoms with van der Waals surface area (Å²) in [5.74, 6) is 0.0477. The highest BCUT2D eigenvalue weighted by Gasteiger charge is 2.15. The number of carbonyl (C=O) groups is 2. The van der Waals surface area contributed by atoms with Crippen molar-refractivity contribution in [3.8, 4) is 5.75 Å². The van der Waals surface area contributed by atoms with E-state index in [1.54, 1.807) is 31.2 Å². The van der Waals surface area contributed by atoms with Crippen LogP contribution in [0.5, 0.6) is 5.75 Å². The molecule has 2 rings (SSSR count). The molecule has 1 atom stereocenters. The molecule has 1 amide bonds. The number of nitrogens with one attached hydrogen (secondary N) is 1. The summed E-state index contributed by atoms with van der Waals surface area (Å²) in [5, 5.41) is 2.78. The average molecular weight is 355 g/mol. The molecule has 0 fully saturated rings. The fourth-order valence-corrected chi connectivity index (χ4v) is 2.31. The Morgan fingerprint density at radius 1 is 1.08 bits per heavy atom. The molecule has 0 aliphatic rings. The standard InChI is InChI=1S/C21H25NO4/c1-4-13-25-21(24)17-9-11-18(12-10-17)22-20(23)15(3)26-19-8-6-7-16(5-2)14-19/h6-12,14-15H,4-5,13H2,1-3H3,(H,22,23). The van der Waals surface area contributed by atoms with Gasteiger partial charge >= 0.3 is 5.97 Å². The second-order valence-electron chi connectivity index (χ2n) is 5.96. The van der Waals surface area contributed by atoms with E-state index < -0.39 is 6.10 Å². The zero-order valence-electron chi connectivity index (χ0n) is 15.5. The van der Waals surface area contributed by atoms with E-state index in [-0.39, 0.29) is 11.9 Å². The SMILES string of the molecule is CCCOC(=O)c1ccc(NC(=O)C(C)Oc2cccc(CC)c2)cc1. The van der Waals surface area contributed by atoms with Gasteiger partial charge in [-0.05, 0) is 61.7 Å². The number of aryl methyl sites for hydroxylation is 1. The predicted molar refractivity (Wildman–Crippen MR) is 102 cm³/mol. The van der Waals surface area contributed by atoms with Gasteiger partial charge in [0.15, 0.2) is 6.10 Å². The van der Waals surface area contributed by atoms with E-state index >= 15 is 0 Å². The minimum atomic E-state index is -0.642. The lowest BCUT2D eigenvalue weighted by molar-refractivity contribution is -0.122. The Labute approximate surface area is 154 Å². The molecule has 0 heterocycles. The molecule has 1 N–H and O–H groups in total. The molecule has 0 aliphatic carbocycles. The van der Waals surface area contributed by atoms with Crippen molar-refractivity contribution in [2.24, 2.45) is 0 Å². The van der Waals surface area contributed by atoms with Crippen LogP contribution in [0.15, 0.2) is 48.5 Å². The van der Waals surface area contributed by atoms with Crippen LogP contribution in [0, 0.1) is 0 Å². The molecule has 0 aliphatic heterocycles. The monoisotopic (exact) mass is 355 g/mol. The van der Waals surface area contributed by atoms with Gasteiger partial charge in [0.25, 0.3) is 5.91 Å². The molecule has 0 aromatic heterocycles. The summed E-state index contributed by atoms with van der Waals surface area (Å²) in [5.41, 5.74) is 2.21. The van der Waals surface area contributed by atoms with E-state index in [9.17, 15) is 9.59 Å². The van der Waals surface area contributed by atoms with E-state index in [2.05, 4.69) is 12.2 Å². The van der Waals surface area contributed by atoms with Crippen LogP contribution in [0.4, 0.5) is 5.69 Å². The summed E-state index contributed by atoms with van der Waals surface area (Å²) in [6, 6.07) is 14.3. The molecule has 2 aromatic rings. The van der Waals surface area contributed by atoms with Gasteiger partial charge < -0.3 is 14.8 Å². The fourth-order valence-electron chi connectivity index (χ4n) is 2.31. The number of amides is 1. The number of rotatable bonds is 8. The number of esters is 1. The number of benzene rings is 2. The lowest BCUT2D eigenvalue weighted by Gasteiger charge is -2.15. The van der Waals surface area contributed by atoms with Crippen LogP contribution < -0.4 is 10.1 Å². The molecule has 5 nitrogen and oxygen atoms in total. The first kappa shape index (κ1) is 19.5. The van der Waals surface area contributed by atoms with Crippen LogP contribution >= 0.6 is 0 Å². The van der Waals surface area contributed by atoms with Gasteiger partial charge in [0.2, 0.25) is 0 Å². The normalized spacial score (nSPS) is 11.5. The Hall–Kier alpha value is -2.82. The van der Waals surface area contributed by atoms with Gasteiger partial charge in [-0.2, -0.15) is 0 Å². The second kappa shape index (κ2) is 9.61. The van der Waals surface area contributed by atoms with Crippen molar-refractivity contribution in [1.82, 2.24) is 0 Å². The summed E-state index contributed by atoms with van der Waals surface area (Å²) < 4.78 is 10.8. The molecule has 0 radical (unpaired) electrons. The van der Waals surface area contributed by atoms with Crippen LogP contribution in [-0.4, -0.2) is 24.6 Å². The van der Waals surface area contributed by atoms with Crippen molar-refractivity contribution in [1.29, 1.82) is 0 Å². The van der Waals surface area contributed by atoms with Crippen molar-refractivity contribution >= 4 is 17.6 Å². The molecule has 5 heteroatoms. The molecule has 2 aromatic carbocycles. The minimum absolute atomic E-state index is 0.256. The van der Waals surface area contributed by atoms with Crippen LogP contribution in [0.1, 0.15) is 43.1 Å². The van der Waals surface area contributed by atoms with Gasteiger partial charge in [0, 0.05) is 5.69 Å². The molecule has 0 bridgehead atoms. The molecular formula is C21H25NO4. The van der Waals surface area contributed by atoms with Gasteiger partial charge in [-0.15, -0.1) is 0 Å². The highest BCUT2D eigenvalue weighted by Crippen LogP contribution is 2.17. The molecule has 0 saturated heterocycles. The first-order valence-corrected chi connectivity index (χ1v) is 8.87. The molecule has 26 heavy (non-hydrogen) atoms.